The van der Waals surface area contributed by atoms with Crippen molar-refractivity contribution in [3.63, 3.8) is 0 Å². The minimum absolute atomic E-state index is 0.820. The van der Waals surface area contributed by atoms with Crippen LogP contribution in [0.3, 0.4) is 0 Å². The van der Waals surface area contributed by atoms with Crippen LogP contribution < -0.4 is 4.90 Å². The highest BCUT2D eigenvalue weighted by molar-refractivity contribution is 5.44. The maximum absolute atomic E-state index is 4.43. The lowest BCUT2D eigenvalue weighted by Crippen LogP contribution is -2.40. The molecule has 0 bridgehead atoms. The fraction of sp³-hybridized carbons (Fsp3) is 0.750. The second kappa shape index (κ2) is 10.6. The van der Waals surface area contributed by atoms with Crippen molar-refractivity contribution in [3.05, 3.63) is 24.0 Å². The van der Waals surface area contributed by atoms with Crippen molar-refractivity contribution < 1.29 is 0 Å². The molecule has 132 valence electrons. The fourth-order valence-electron chi connectivity index (χ4n) is 3.17. The van der Waals surface area contributed by atoms with E-state index >= 15 is 0 Å². The Morgan fingerprint density at radius 2 is 1.83 bits per heavy atom. The molecule has 1 aromatic rings. The highest BCUT2D eigenvalue weighted by atomic mass is 15.2. The third kappa shape index (κ3) is 6.50. The molecule has 2 aliphatic rings. The minimum atomic E-state index is 0.820. The summed E-state index contributed by atoms with van der Waals surface area (Å²) >= 11 is 0. The van der Waals surface area contributed by atoms with Gasteiger partial charge in [-0.05, 0) is 57.7 Å². The van der Waals surface area contributed by atoms with E-state index in [9.17, 15) is 0 Å². The van der Waals surface area contributed by atoms with E-state index in [0.717, 1.165) is 17.7 Å². The van der Waals surface area contributed by atoms with Gasteiger partial charge in [-0.3, -0.25) is 4.98 Å². The third-order valence-electron chi connectivity index (χ3n) is 4.50. The molecule has 23 heavy (non-hydrogen) atoms. The number of rotatable bonds is 4. The van der Waals surface area contributed by atoms with Crippen LogP contribution in [-0.2, 0) is 0 Å². The van der Waals surface area contributed by atoms with Gasteiger partial charge in [-0.15, -0.1) is 0 Å². The number of pyridine rings is 1. The van der Waals surface area contributed by atoms with Crippen molar-refractivity contribution in [3.8, 4) is 0 Å². The first-order valence-corrected chi connectivity index (χ1v) is 9.60. The summed E-state index contributed by atoms with van der Waals surface area (Å²) in [5.41, 5.74) is 2.40. The van der Waals surface area contributed by atoms with Crippen LogP contribution in [0.15, 0.2) is 18.3 Å². The number of anilines is 1. The Balaban J connectivity index is 0.000000615. The lowest BCUT2D eigenvalue weighted by Gasteiger charge is -2.36. The van der Waals surface area contributed by atoms with Crippen LogP contribution in [0.4, 0.5) is 5.69 Å². The Bertz CT molecular complexity index is 411. The molecular formula is C20H37N3. The molecule has 1 aliphatic carbocycles. The zero-order valence-electron chi connectivity index (χ0n) is 16.2. The van der Waals surface area contributed by atoms with E-state index < -0.39 is 0 Å². The highest BCUT2D eigenvalue weighted by Gasteiger charge is 2.29. The van der Waals surface area contributed by atoms with Crippen molar-refractivity contribution in [2.45, 2.75) is 66.3 Å². The van der Waals surface area contributed by atoms with Gasteiger partial charge in [-0.1, -0.05) is 27.7 Å². The molecule has 0 amide bonds. The predicted molar refractivity (Wildman–Crippen MR) is 102 cm³/mol. The predicted octanol–water partition coefficient (Wildman–Crippen LogP) is 4.75. The van der Waals surface area contributed by atoms with Gasteiger partial charge >= 0.3 is 0 Å². The molecule has 1 atom stereocenters. The van der Waals surface area contributed by atoms with Gasteiger partial charge in [-0.25, -0.2) is 0 Å². The summed E-state index contributed by atoms with van der Waals surface area (Å²) in [5.74, 6) is 0.820. The SMILES string of the molecule is CC.CC.Cc1ccc(N2CCCC(CN(C)C3CC3)C2)cn1. The number of nitrogens with zero attached hydrogens (tertiary/aromatic N) is 3. The van der Waals surface area contributed by atoms with Crippen LogP contribution in [0.1, 0.15) is 59.1 Å². The van der Waals surface area contributed by atoms with Crippen LogP contribution in [0.5, 0.6) is 0 Å². The van der Waals surface area contributed by atoms with E-state index in [1.807, 2.05) is 40.8 Å². The summed E-state index contributed by atoms with van der Waals surface area (Å²) in [6.07, 6.45) is 7.55. The Kier molecular flexibility index (Phi) is 9.23. The number of hydrogen-bond donors (Lipinski definition) is 0. The molecule has 1 aromatic heterocycles. The molecule has 1 saturated heterocycles. The number of aromatic nitrogens is 1. The largest absolute Gasteiger partial charge is 0.370 e. The summed E-state index contributed by atoms with van der Waals surface area (Å²) in [6.45, 7) is 13.7. The molecule has 3 nitrogen and oxygen atoms in total. The Labute approximate surface area is 144 Å². The molecule has 0 spiro atoms. The van der Waals surface area contributed by atoms with Crippen LogP contribution in [0, 0.1) is 12.8 Å². The molecule has 0 N–H and O–H groups in total. The summed E-state index contributed by atoms with van der Waals surface area (Å²) in [6, 6.07) is 5.22. The van der Waals surface area contributed by atoms with Gasteiger partial charge in [0.2, 0.25) is 0 Å². The zero-order chi connectivity index (χ0) is 17.2. The van der Waals surface area contributed by atoms with Crippen LogP contribution >= 0.6 is 0 Å². The zero-order valence-corrected chi connectivity index (χ0v) is 16.2. The first-order valence-electron chi connectivity index (χ1n) is 9.60. The van der Waals surface area contributed by atoms with Crippen molar-refractivity contribution in [1.82, 2.24) is 9.88 Å². The molecule has 0 radical (unpaired) electrons. The molecule has 1 unspecified atom stereocenters. The molecular weight excluding hydrogens is 282 g/mol. The summed E-state index contributed by atoms with van der Waals surface area (Å²) in [4.78, 5) is 9.51. The van der Waals surface area contributed by atoms with E-state index in [-0.39, 0.29) is 0 Å². The highest BCUT2D eigenvalue weighted by Crippen LogP contribution is 2.28. The Morgan fingerprint density at radius 3 is 2.39 bits per heavy atom. The first-order chi connectivity index (χ1) is 11.2. The Morgan fingerprint density at radius 1 is 1.13 bits per heavy atom. The minimum Gasteiger partial charge on any atom is -0.370 e. The molecule has 0 aromatic carbocycles. The normalized spacial score (nSPS) is 20.3. The molecule has 3 heteroatoms. The monoisotopic (exact) mass is 319 g/mol. The fourth-order valence-corrected chi connectivity index (χ4v) is 3.17. The molecule has 1 aliphatic heterocycles. The first kappa shape index (κ1) is 20.0. The van der Waals surface area contributed by atoms with Gasteiger partial charge in [0, 0.05) is 31.4 Å². The van der Waals surface area contributed by atoms with Crippen molar-refractivity contribution in [2.24, 2.45) is 5.92 Å². The number of hydrogen-bond acceptors (Lipinski definition) is 3. The van der Waals surface area contributed by atoms with Crippen LogP contribution in [-0.4, -0.2) is 42.6 Å². The van der Waals surface area contributed by atoms with E-state index in [1.165, 1.54) is 51.0 Å². The third-order valence-corrected chi connectivity index (χ3v) is 4.50. The topological polar surface area (TPSA) is 19.4 Å². The lowest BCUT2D eigenvalue weighted by molar-refractivity contribution is 0.247. The number of aryl methyl sites for hydroxylation is 1. The molecule has 1 saturated carbocycles. The van der Waals surface area contributed by atoms with Crippen LogP contribution in [0.25, 0.3) is 0 Å². The summed E-state index contributed by atoms with van der Waals surface area (Å²) < 4.78 is 0. The second-order valence-electron chi connectivity index (χ2n) is 6.28. The van der Waals surface area contributed by atoms with Crippen molar-refractivity contribution >= 4 is 5.69 Å². The van der Waals surface area contributed by atoms with Crippen molar-refractivity contribution in [2.75, 3.05) is 31.6 Å². The molecule has 3 rings (SSSR count). The lowest BCUT2D eigenvalue weighted by atomic mass is 9.97. The molecule has 2 heterocycles. The van der Waals surface area contributed by atoms with E-state index in [1.54, 1.807) is 0 Å². The van der Waals surface area contributed by atoms with Crippen LogP contribution in [0.2, 0.25) is 0 Å². The van der Waals surface area contributed by atoms with E-state index in [4.69, 9.17) is 0 Å². The smallest absolute Gasteiger partial charge is 0.0553 e. The van der Waals surface area contributed by atoms with E-state index in [0.29, 0.717) is 0 Å². The van der Waals surface area contributed by atoms with E-state index in [2.05, 4.69) is 34.0 Å². The van der Waals surface area contributed by atoms with Gasteiger partial charge in [0.15, 0.2) is 0 Å². The van der Waals surface area contributed by atoms with Crippen molar-refractivity contribution in [1.29, 1.82) is 0 Å². The molecule has 2 fully saturated rings. The standard InChI is InChI=1S/C16H25N3.2C2H6/c1-13-5-6-16(10-17-13)19-9-3-4-14(12-19)11-18(2)15-7-8-15;2*1-2/h5-6,10,14-15H,3-4,7-9,11-12H2,1-2H3;2*1-2H3. The summed E-state index contributed by atoms with van der Waals surface area (Å²) in [7, 11) is 2.30. The number of piperidine rings is 1. The average molecular weight is 320 g/mol. The maximum Gasteiger partial charge on any atom is 0.0553 e. The quantitative estimate of drug-likeness (QED) is 0.798. The van der Waals surface area contributed by atoms with Gasteiger partial charge in [0.05, 0.1) is 11.9 Å². The maximum atomic E-state index is 4.43. The van der Waals surface area contributed by atoms with Gasteiger partial charge in [-0.2, -0.15) is 0 Å². The van der Waals surface area contributed by atoms with Gasteiger partial charge in [0.25, 0.3) is 0 Å². The van der Waals surface area contributed by atoms with Gasteiger partial charge < -0.3 is 9.80 Å². The Hall–Kier alpha value is -1.09. The second-order valence-corrected chi connectivity index (χ2v) is 6.28. The summed E-state index contributed by atoms with van der Waals surface area (Å²) in [5, 5.41) is 0. The average Bonchev–Trinajstić information content (AvgIpc) is 3.44. The van der Waals surface area contributed by atoms with Gasteiger partial charge in [0.1, 0.15) is 0 Å².